The predicted molar refractivity (Wildman–Crippen MR) is 87.2 cm³/mol. The van der Waals surface area contributed by atoms with Crippen LogP contribution < -0.4 is 4.74 Å². The number of methoxy groups -OCH3 is 1. The number of ether oxygens (including phenoxy) is 2. The Labute approximate surface area is 141 Å². The van der Waals surface area contributed by atoms with Crippen LogP contribution in [0.1, 0.15) is 17.5 Å². The van der Waals surface area contributed by atoms with E-state index in [1.165, 1.54) is 4.31 Å². The highest BCUT2D eigenvalue weighted by atomic mass is 32.2. The van der Waals surface area contributed by atoms with E-state index < -0.39 is 16.1 Å². The lowest BCUT2D eigenvalue weighted by molar-refractivity contribution is -0.00516. The average molecular weight is 349 g/mol. The Morgan fingerprint density at radius 1 is 1.21 bits per heavy atom. The van der Waals surface area contributed by atoms with Gasteiger partial charge in [0.1, 0.15) is 11.9 Å². The lowest BCUT2D eigenvalue weighted by Crippen LogP contribution is -2.42. The number of aryl methyl sites for hydroxylation is 1. The number of hydrogen-bond donors (Lipinski definition) is 0. The van der Waals surface area contributed by atoms with Crippen LogP contribution in [-0.4, -0.2) is 49.5 Å². The summed E-state index contributed by atoms with van der Waals surface area (Å²) in [4.78, 5) is 8.72. The van der Waals surface area contributed by atoms with Crippen LogP contribution in [0.2, 0.25) is 0 Å². The molecule has 2 aromatic rings. The molecule has 0 bridgehead atoms. The third-order valence-corrected chi connectivity index (χ3v) is 5.74. The molecule has 1 aliphatic rings. The molecule has 1 saturated heterocycles. The Morgan fingerprint density at radius 3 is 2.58 bits per heavy atom. The molecule has 1 atom stereocenters. The molecule has 1 aliphatic heterocycles. The van der Waals surface area contributed by atoms with Gasteiger partial charge < -0.3 is 9.47 Å². The van der Waals surface area contributed by atoms with Crippen molar-refractivity contribution < 1.29 is 17.9 Å². The second-order valence-electron chi connectivity index (χ2n) is 5.48. The summed E-state index contributed by atoms with van der Waals surface area (Å²) in [6, 6.07) is 6.36. The molecule has 2 heterocycles. The predicted octanol–water partition coefficient (Wildman–Crippen LogP) is 1.56. The molecule has 3 rings (SSSR count). The molecule has 7 nitrogen and oxygen atoms in total. The fourth-order valence-corrected chi connectivity index (χ4v) is 3.91. The summed E-state index contributed by atoms with van der Waals surface area (Å²) in [5.41, 5.74) is 1.44. The van der Waals surface area contributed by atoms with Gasteiger partial charge in [-0.05, 0) is 31.2 Å². The summed E-state index contributed by atoms with van der Waals surface area (Å²) in [6.45, 7) is 2.69. The smallest absolute Gasteiger partial charge is 0.243 e. The van der Waals surface area contributed by atoms with Gasteiger partial charge in [-0.15, -0.1) is 0 Å². The fourth-order valence-electron chi connectivity index (χ4n) is 2.49. The second-order valence-corrected chi connectivity index (χ2v) is 7.42. The van der Waals surface area contributed by atoms with Gasteiger partial charge in [0, 0.05) is 19.3 Å². The first kappa shape index (κ1) is 16.8. The van der Waals surface area contributed by atoms with E-state index in [1.807, 2.05) is 6.92 Å². The number of nitrogens with zero attached hydrogens (tertiary/aromatic N) is 3. The number of sulfonamides is 1. The van der Waals surface area contributed by atoms with E-state index in [2.05, 4.69) is 9.97 Å². The van der Waals surface area contributed by atoms with Crippen LogP contribution >= 0.6 is 0 Å². The van der Waals surface area contributed by atoms with Gasteiger partial charge in [0.05, 0.1) is 36.2 Å². The minimum Gasteiger partial charge on any atom is -0.497 e. The Bertz CT molecular complexity index is 791. The normalized spacial score (nSPS) is 19.2. The Hall–Kier alpha value is -2.03. The van der Waals surface area contributed by atoms with E-state index >= 15 is 0 Å². The fraction of sp³-hybridized carbons (Fsp3) is 0.375. The molecule has 1 aromatic carbocycles. The highest BCUT2D eigenvalue weighted by Gasteiger charge is 2.32. The van der Waals surface area contributed by atoms with E-state index in [1.54, 1.807) is 43.8 Å². The maximum Gasteiger partial charge on any atom is 0.243 e. The van der Waals surface area contributed by atoms with Crippen molar-refractivity contribution in [3.05, 3.63) is 48.0 Å². The Kier molecular flexibility index (Phi) is 4.79. The molecule has 1 aromatic heterocycles. The van der Waals surface area contributed by atoms with E-state index in [-0.39, 0.29) is 11.4 Å². The molecule has 24 heavy (non-hydrogen) atoms. The molecular weight excluding hydrogens is 330 g/mol. The van der Waals surface area contributed by atoms with Gasteiger partial charge in [0.15, 0.2) is 0 Å². The van der Waals surface area contributed by atoms with Crippen molar-refractivity contribution in [2.45, 2.75) is 17.9 Å². The van der Waals surface area contributed by atoms with Crippen LogP contribution in [0.15, 0.2) is 41.6 Å². The highest BCUT2D eigenvalue weighted by molar-refractivity contribution is 7.89. The molecular formula is C16H19N3O4S. The van der Waals surface area contributed by atoms with Crippen molar-refractivity contribution in [2.75, 3.05) is 26.8 Å². The maximum atomic E-state index is 12.8. The standard InChI is InChI=1S/C16H19N3O4S/c1-12-9-18-15(10-17-12)16-11-19(7-8-23-16)24(20,21)14-5-3-13(22-2)4-6-14/h3-6,9-10,16H,7-8,11H2,1-2H3/t16-/m0/s1. The SMILES string of the molecule is COc1ccc(S(=O)(=O)N2CCO[C@H](c3cnc(C)cn3)C2)cc1. The van der Waals surface area contributed by atoms with Crippen molar-refractivity contribution in [3.63, 3.8) is 0 Å². The number of rotatable bonds is 4. The zero-order valence-electron chi connectivity index (χ0n) is 13.5. The van der Waals surface area contributed by atoms with E-state index in [9.17, 15) is 8.42 Å². The summed E-state index contributed by atoms with van der Waals surface area (Å²) >= 11 is 0. The van der Waals surface area contributed by atoms with Crippen LogP contribution in [0, 0.1) is 6.92 Å². The Morgan fingerprint density at radius 2 is 1.96 bits per heavy atom. The average Bonchev–Trinajstić information content (AvgIpc) is 2.62. The third-order valence-electron chi connectivity index (χ3n) is 3.86. The van der Waals surface area contributed by atoms with E-state index in [4.69, 9.17) is 9.47 Å². The molecule has 0 radical (unpaired) electrons. The minimum absolute atomic E-state index is 0.214. The van der Waals surface area contributed by atoms with Gasteiger partial charge >= 0.3 is 0 Å². The second kappa shape index (κ2) is 6.84. The highest BCUT2D eigenvalue weighted by Crippen LogP contribution is 2.26. The summed E-state index contributed by atoms with van der Waals surface area (Å²) in [5.74, 6) is 0.615. The van der Waals surface area contributed by atoms with Crippen molar-refractivity contribution in [3.8, 4) is 5.75 Å². The molecule has 0 spiro atoms. The lowest BCUT2D eigenvalue weighted by Gasteiger charge is -2.31. The van der Waals surface area contributed by atoms with Gasteiger partial charge in [0.25, 0.3) is 0 Å². The minimum atomic E-state index is -3.59. The van der Waals surface area contributed by atoms with Crippen LogP contribution in [0.4, 0.5) is 0 Å². The Balaban J connectivity index is 1.81. The van der Waals surface area contributed by atoms with Crippen molar-refractivity contribution >= 4 is 10.0 Å². The van der Waals surface area contributed by atoms with Crippen LogP contribution in [-0.2, 0) is 14.8 Å². The number of morpholine rings is 1. The molecule has 128 valence electrons. The van der Waals surface area contributed by atoms with Crippen LogP contribution in [0.3, 0.4) is 0 Å². The first-order valence-electron chi connectivity index (χ1n) is 7.55. The molecule has 0 aliphatic carbocycles. The zero-order valence-corrected chi connectivity index (χ0v) is 14.4. The number of hydrogen-bond acceptors (Lipinski definition) is 6. The molecule has 0 unspecified atom stereocenters. The van der Waals surface area contributed by atoms with E-state index in [0.29, 0.717) is 24.6 Å². The monoisotopic (exact) mass is 349 g/mol. The van der Waals surface area contributed by atoms with Crippen molar-refractivity contribution in [1.82, 2.24) is 14.3 Å². The first-order valence-corrected chi connectivity index (χ1v) is 8.99. The zero-order chi connectivity index (χ0) is 17.2. The summed E-state index contributed by atoms with van der Waals surface area (Å²) in [6.07, 6.45) is 2.86. The van der Waals surface area contributed by atoms with Crippen LogP contribution in [0.5, 0.6) is 5.75 Å². The summed E-state index contributed by atoms with van der Waals surface area (Å²) in [5, 5.41) is 0. The topological polar surface area (TPSA) is 81.6 Å². The molecule has 8 heteroatoms. The van der Waals surface area contributed by atoms with Crippen molar-refractivity contribution in [1.29, 1.82) is 0 Å². The number of benzene rings is 1. The molecule has 1 fully saturated rings. The maximum absolute atomic E-state index is 12.8. The largest absolute Gasteiger partial charge is 0.497 e. The lowest BCUT2D eigenvalue weighted by atomic mass is 10.2. The third kappa shape index (κ3) is 3.40. The van der Waals surface area contributed by atoms with E-state index in [0.717, 1.165) is 5.69 Å². The van der Waals surface area contributed by atoms with Gasteiger partial charge in [-0.2, -0.15) is 4.31 Å². The first-order chi connectivity index (χ1) is 11.5. The summed E-state index contributed by atoms with van der Waals surface area (Å²) in [7, 11) is -2.05. The quantitative estimate of drug-likeness (QED) is 0.833. The van der Waals surface area contributed by atoms with Gasteiger partial charge in [-0.1, -0.05) is 0 Å². The van der Waals surface area contributed by atoms with Crippen molar-refractivity contribution in [2.24, 2.45) is 0 Å². The van der Waals surface area contributed by atoms with Gasteiger partial charge in [0.2, 0.25) is 10.0 Å². The van der Waals surface area contributed by atoms with Crippen LogP contribution in [0.25, 0.3) is 0 Å². The van der Waals surface area contributed by atoms with Gasteiger partial charge in [-0.3, -0.25) is 9.97 Å². The molecule has 0 saturated carbocycles. The molecule has 0 amide bonds. The summed E-state index contributed by atoms with van der Waals surface area (Å²) < 4.78 is 37.8. The number of aromatic nitrogens is 2. The van der Waals surface area contributed by atoms with Gasteiger partial charge in [-0.25, -0.2) is 8.42 Å². The molecule has 0 N–H and O–H groups in total.